The standard InChI is InChI=1S/C27H42O/c1-17(2)7-6-8-18(3)21-9-10-22-20-15-24(28)27-16-19(27)11-14-26(27,5)23(20)12-13-25(21,22)4/h6,8,17-23H,7,9-16H2,1-5H3/b8-6+/t18-,19-,20+,21-,22+,23+,25-,26-,27+/m1/s1. The van der Waals surface area contributed by atoms with Crippen molar-refractivity contribution in [3.05, 3.63) is 12.2 Å². The average Bonchev–Trinajstić information content (AvgIpc) is 3.15. The minimum absolute atomic E-state index is 0.146. The van der Waals surface area contributed by atoms with Gasteiger partial charge < -0.3 is 0 Å². The van der Waals surface area contributed by atoms with E-state index in [0.29, 0.717) is 28.4 Å². The van der Waals surface area contributed by atoms with Gasteiger partial charge in [0.15, 0.2) is 0 Å². The smallest absolute Gasteiger partial charge is 0.140 e. The minimum atomic E-state index is 0.146. The molecule has 1 nitrogen and oxygen atoms in total. The van der Waals surface area contributed by atoms with E-state index < -0.39 is 0 Å². The molecule has 0 unspecified atom stereocenters. The summed E-state index contributed by atoms with van der Waals surface area (Å²) in [5.41, 5.74) is 0.956. The molecular formula is C27H42O. The lowest BCUT2D eigenvalue weighted by Crippen LogP contribution is -2.55. The number of hydrogen-bond donors (Lipinski definition) is 0. The molecule has 0 aromatic carbocycles. The fourth-order valence-electron chi connectivity index (χ4n) is 9.61. The average molecular weight is 383 g/mol. The Balaban J connectivity index is 1.38. The zero-order valence-electron chi connectivity index (χ0n) is 19.0. The summed E-state index contributed by atoms with van der Waals surface area (Å²) < 4.78 is 0. The quantitative estimate of drug-likeness (QED) is 0.475. The summed E-state index contributed by atoms with van der Waals surface area (Å²) >= 11 is 0. The maximum absolute atomic E-state index is 13.4. The Morgan fingerprint density at radius 3 is 2.54 bits per heavy atom. The molecule has 0 heterocycles. The number of rotatable bonds is 4. The SMILES string of the molecule is CC(C)C/C=C/[C@@H](C)[C@H]1CC[C@H]2[C@@H]3CC(=O)[C@]45C[C@H]4CC[C@]5(C)[C@H]3CC[C@]12C. The molecule has 0 radical (unpaired) electrons. The van der Waals surface area contributed by atoms with Crippen LogP contribution in [0.2, 0.25) is 0 Å². The van der Waals surface area contributed by atoms with Crippen LogP contribution in [-0.4, -0.2) is 5.78 Å². The molecule has 0 N–H and O–H groups in total. The largest absolute Gasteiger partial charge is 0.299 e. The number of fused-ring (bicyclic) bond motifs is 4. The lowest BCUT2D eigenvalue weighted by atomic mass is 9.45. The molecule has 0 aromatic rings. The number of ketones is 1. The zero-order valence-corrected chi connectivity index (χ0v) is 19.0. The molecule has 0 saturated heterocycles. The van der Waals surface area contributed by atoms with Crippen molar-refractivity contribution in [2.45, 2.75) is 92.4 Å². The highest BCUT2D eigenvalue weighted by Gasteiger charge is 2.77. The van der Waals surface area contributed by atoms with Crippen LogP contribution < -0.4 is 0 Å². The van der Waals surface area contributed by atoms with Gasteiger partial charge in [0.05, 0.1) is 0 Å². The summed E-state index contributed by atoms with van der Waals surface area (Å²) in [6.45, 7) is 12.2. The molecule has 0 bridgehead atoms. The van der Waals surface area contributed by atoms with E-state index in [1.54, 1.807) is 0 Å². The minimum Gasteiger partial charge on any atom is -0.299 e. The molecule has 9 atom stereocenters. The molecule has 0 aliphatic heterocycles. The normalized spacial score (nSPS) is 53.1. The third-order valence-corrected chi connectivity index (χ3v) is 11.1. The van der Waals surface area contributed by atoms with Crippen LogP contribution in [0.4, 0.5) is 0 Å². The molecule has 0 aromatic heterocycles. The number of carbonyl (C=O) groups excluding carboxylic acids is 1. The molecule has 1 spiro atoms. The fourth-order valence-corrected chi connectivity index (χ4v) is 9.61. The molecule has 156 valence electrons. The molecule has 5 aliphatic rings. The molecule has 5 fully saturated rings. The summed E-state index contributed by atoms with van der Waals surface area (Å²) in [4.78, 5) is 13.4. The highest BCUT2D eigenvalue weighted by Crippen LogP contribution is 2.80. The van der Waals surface area contributed by atoms with E-state index in [9.17, 15) is 4.79 Å². The highest BCUT2D eigenvalue weighted by atomic mass is 16.1. The summed E-state index contributed by atoms with van der Waals surface area (Å²) in [6.07, 6.45) is 16.6. The predicted molar refractivity (Wildman–Crippen MR) is 116 cm³/mol. The number of carbonyl (C=O) groups is 1. The van der Waals surface area contributed by atoms with Crippen LogP contribution in [0.3, 0.4) is 0 Å². The van der Waals surface area contributed by atoms with Gasteiger partial charge in [0, 0.05) is 11.8 Å². The van der Waals surface area contributed by atoms with Gasteiger partial charge in [-0.1, -0.05) is 46.8 Å². The van der Waals surface area contributed by atoms with Crippen molar-refractivity contribution in [3.8, 4) is 0 Å². The van der Waals surface area contributed by atoms with Gasteiger partial charge in [0.25, 0.3) is 0 Å². The molecule has 1 heteroatoms. The molecule has 5 aliphatic carbocycles. The second-order valence-electron chi connectivity index (χ2n) is 12.5. The second kappa shape index (κ2) is 6.21. The third-order valence-electron chi connectivity index (χ3n) is 11.1. The Hall–Kier alpha value is -0.590. The van der Waals surface area contributed by atoms with Gasteiger partial charge in [0.2, 0.25) is 0 Å². The topological polar surface area (TPSA) is 17.1 Å². The van der Waals surface area contributed by atoms with Crippen LogP contribution in [0.25, 0.3) is 0 Å². The lowest BCUT2D eigenvalue weighted by Gasteiger charge is -2.58. The zero-order chi connectivity index (χ0) is 19.9. The number of Topliss-reactive ketones (excluding diaryl/α,β-unsaturated/α-hetero) is 1. The van der Waals surface area contributed by atoms with Crippen molar-refractivity contribution in [2.24, 2.45) is 57.7 Å². The summed E-state index contributed by atoms with van der Waals surface area (Å²) in [6, 6.07) is 0. The maximum Gasteiger partial charge on any atom is 0.140 e. The van der Waals surface area contributed by atoms with E-state index in [2.05, 4.69) is 46.8 Å². The summed E-state index contributed by atoms with van der Waals surface area (Å²) in [7, 11) is 0. The first-order valence-corrected chi connectivity index (χ1v) is 12.4. The van der Waals surface area contributed by atoms with Gasteiger partial charge in [-0.3, -0.25) is 4.79 Å². The molecule has 28 heavy (non-hydrogen) atoms. The van der Waals surface area contributed by atoms with Crippen LogP contribution in [0.15, 0.2) is 12.2 Å². The van der Waals surface area contributed by atoms with Gasteiger partial charge >= 0.3 is 0 Å². The number of hydrogen-bond acceptors (Lipinski definition) is 1. The van der Waals surface area contributed by atoms with Crippen molar-refractivity contribution in [1.29, 1.82) is 0 Å². The molecule has 5 saturated carbocycles. The van der Waals surface area contributed by atoms with E-state index in [4.69, 9.17) is 0 Å². The molecule has 0 amide bonds. The van der Waals surface area contributed by atoms with Crippen molar-refractivity contribution in [1.82, 2.24) is 0 Å². The van der Waals surface area contributed by atoms with Crippen LogP contribution in [0.5, 0.6) is 0 Å². The summed E-state index contributed by atoms with van der Waals surface area (Å²) in [5.74, 6) is 6.04. The van der Waals surface area contributed by atoms with Crippen LogP contribution in [0, 0.1) is 57.7 Å². The van der Waals surface area contributed by atoms with Crippen LogP contribution in [-0.2, 0) is 4.79 Å². The lowest BCUT2D eigenvalue weighted by molar-refractivity contribution is -0.151. The van der Waals surface area contributed by atoms with E-state index in [0.717, 1.165) is 36.0 Å². The van der Waals surface area contributed by atoms with Crippen molar-refractivity contribution >= 4 is 5.78 Å². The van der Waals surface area contributed by atoms with Crippen molar-refractivity contribution in [3.63, 3.8) is 0 Å². The first-order valence-electron chi connectivity index (χ1n) is 12.4. The van der Waals surface area contributed by atoms with Crippen molar-refractivity contribution in [2.75, 3.05) is 0 Å². The van der Waals surface area contributed by atoms with Gasteiger partial charge in [0.1, 0.15) is 5.78 Å². The molecular weight excluding hydrogens is 340 g/mol. The number of allylic oxidation sites excluding steroid dienone is 2. The third kappa shape index (κ3) is 2.34. The fraction of sp³-hybridized carbons (Fsp3) is 0.889. The first-order chi connectivity index (χ1) is 13.2. The van der Waals surface area contributed by atoms with E-state index in [1.165, 1.54) is 51.4 Å². The molecule has 5 rings (SSSR count). The maximum atomic E-state index is 13.4. The van der Waals surface area contributed by atoms with Gasteiger partial charge in [-0.25, -0.2) is 0 Å². The Morgan fingerprint density at radius 1 is 1.04 bits per heavy atom. The van der Waals surface area contributed by atoms with Gasteiger partial charge in [-0.15, -0.1) is 0 Å². The van der Waals surface area contributed by atoms with Crippen LogP contribution >= 0.6 is 0 Å². The van der Waals surface area contributed by atoms with E-state index >= 15 is 0 Å². The van der Waals surface area contributed by atoms with Crippen LogP contribution in [0.1, 0.15) is 92.4 Å². The monoisotopic (exact) mass is 382 g/mol. The highest BCUT2D eigenvalue weighted by molar-refractivity contribution is 5.91. The Morgan fingerprint density at radius 2 is 1.82 bits per heavy atom. The van der Waals surface area contributed by atoms with Gasteiger partial charge in [-0.2, -0.15) is 0 Å². The van der Waals surface area contributed by atoms with E-state index in [-0.39, 0.29) is 5.41 Å². The Kier molecular flexibility index (Phi) is 4.30. The second-order valence-corrected chi connectivity index (χ2v) is 12.5. The first kappa shape index (κ1) is 19.4. The Bertz CT molecular complexity index is 690. The summed E-state index contributed by atoms with van der Waals surface area (Å²) in [5, 5.41) is 0. The predicted octanol–water partition coefficient (Wildman–Crippen LogP) is 7.06. The Labute approximate surface area is 173 Å². The van der Waals surface area contributed by atoms with E-state index in [1.807, 2.05) is 0 Å². The van der Waals surface area contributed by atoms with Crippen molar-refractivity contribution < 1.29 is 4.79 Å². The van der Waals surface area contributed by atoms with Gasteiger partial charge in [-0.05, 0) is 104 Å².